The quantitative estimate of drug-likeness (QED) is 0.316. The van der Waals surface area contributed by atoms with Crippen molar-refractivity contribution in [1.82, 2.24) is 9.55 Å². The Balaban J connectivity index is 2.07. The number of anilines is 2. The van der Waals surface area contributed by atoms with Gasteiger partial charge in [0.1, 0.15) is 10.9 Å². The molecule has 15 heteroatoms. The van der Waals surface area contributed by atoms with Crippen molar-refractivity contribution >= 4 is 58.4 Å². The standard InChI is InChI=1S/C21H21Cl3F2N4O6/c1-10(11-2-3-11)29-8-15(24)28-18(19(29)32)30(21(33)35-9-34-16(31)4-5-27)17-13(22)6-12(7-14(17)23)36-20(25)26/h6-8,10-11,20H,2-5,9,27H2,1H3/t10-/m0/s1. The molecule has 1 aliphatic carbocycles. The van der Waals surface area contributed by atoms with E-state index in [-0.39, 0.29) is 45.8 Å². The maximum Gasteiger partial charge on any atom is 0.423 e. The molecule has 10 nitrogen and oxygen atoms in total. The monoisotopic (exact) mass is 568 g/mol. The predicted molar refractivity (Wildman–Crippen MR) is 127 cm³/mol. The fraction of sp³-hybridized carbons (Fsp3) is 0.429. The lowest BCUT2D eigenvalue weighted by Crippen LogP contribution is -2.37. The van der Waals surface area contributed by atoms with E-state index in [1.54, 1.807) is 0 Å². The van der Waals surface area contributed by atoms with Crippen LogP contribution in [0.2, 0.25) is 15.2 Å². The number of esters is 1. The average Bonchev–Trinajstić information content (AvgIpc) is 3.62. The van der Waals surface area contributed by atoms with Crippen LogP contribution < -0.4 is 20.9 Å². The molecular formula is C21H21Cl3F2N4O6. The minimum Gasteiger partial charge on any atom is -0.435 e. The maximum absolute atomic E-state index is 13.4. The van der Waals surface area contributed by atoms with E-state index in [0.717, 1.165) is 25.0 Å². The lowest BCUT2D eigenvalue weighted by atomic mass is 10.2. The van der Waals surface area contributed by atoms with Crippen molar-refractivity contribution in [3.63, 3.8) is 0 Å². The van der Waals surface area contributed by atoms with E-state index in [1.807, 2.05) is 6.92 Å². The predicted octanol–water partition coefficient (Wildman–Crippen LogP) is 4.90. The first-order valence-electron chi connectivity index (χ1n) is 10.6. The summed E-state index contributed by atoms with van der Waals surface area (Å²) >= 11 is 18.7. The maximum atomic E-state index is 13.4. The van der Waals surface area contributed by atoms with Crippen molar-refractivity contribution < 1.29 is 32.6 Å². The molecule has 1 aliphatic rings. The second-order valence-corrected chi connectivity index (χ2v) is 8.91. The zero-order valence-corrected chi connectivity index (χ0v) is 21.0. The molecule has 0 bridgehead atoms. The van der Waals surface area contributed by atoms with Crippen LogP contribution in [0, 0.1) is 5.92 Å². The third-order valence-electron chi connectivity index (χ3n) is 5.21. The van der Waals surface area contributed by atoms with Crippen LogP contribution in [0.1, 0.15) is 32.2 Å². The van der Waals surface area contributed by atoms with Crippen molar-refractivity contribution in [3.8, 4) is 5.75 Å². The molecule has 36 heavy (non-hydrogen) atoms. The Morgan fingerprint density at radius 3 is 2.42 bits per heavy atom. The van der Waals surface area contributed by atoms with Gasteiger partial charge in [0.15, 0.2) is 0 Å². The van der Waals surface area contributed by atoms with Gasteiger partial charge in [0.2, 0.25) is 12.6 Å². The average molecular weight is 570 g/mol. The van der Waals surface area contributed by atoms with Crippen LogP contribution in [-0.4, -0.2) is 41.6 Å². The van der Waals surface area contributed by atoms with Crippen LogP contribution in [-0.2, 0) is 14.3 Å². The van der Waals surface area contributed by atoms with Gasteiger partial charge in [0, 0.05) is 30.9 Å². The second-order valence-electron chi connectivity index (χ2n) is 7.71. The zero-order valence-electron chi connectivity index (χ0n) is 18.8. The van der Waals surface area contributed by atoms with Crippen LogP contribution in [0.4, 0.5) is 25.1 Å². The first-order valence-corrected chi connectivity index (χ1v) is 11.7. The molecule has 3 rings (SSSR count). The number of nitrogens with two attached hydrogens (primary N) is 1. The first kappa shape index (κ1) is 27.9. The minimum atomic E-state index is -3.17. The molecule has 1 fully saturated rings. The van der Waals surface area contributed by atoms with Gasteiger partial charge in [0.25, 0.3) is 5.56 Å². The molecule has 1 aromatic heterocycles. The molecule has 0 unspecified atom stereocenters. The minimum absolute atomic E-state index is 0.0162. The van der Waals surface area contributed by atoms with Crippen LogP contribution in [0.3, 0.4) is 0 Å². The van der Waals surface area contributed by atoms with Crippen molar-refractivity contribution in [1.29, 1.82) is 0 Å². The summed E-state index contributed by atoms with van der Waals surface area (Å²) in [5.41, 5.74) is 4.22. The summed E-state index contributed by atoms with van der Waals surface area (Å²) in [4.78, 5) is 42.7. The zero-order chi connectivity index (χ0) is 26.6. The van der Waals surface area contributed by atoms with E-state index in [0.29, 0.717) is 4.90 Å². The number of nitrogens with zero attached hydrogens (tertiary/aromatic N) is 3. The number of ether oxygens (including phenoxy) is 3. The summed E-state index contributed by atoms with van der Waals surface area (Å²) in [6.07, 6.45) is 1.76. The lowest BCUT2D eigenvalue weighted by Gasteiger charge is -2.25. The van der Waals surface area contributed by atoms with E-state index < -0.39 is 42.6 Å². The highest BCUT2D eigenvalue weighted by Crippen LogP contribution is 2.42. The fourth-order valence-electron chi connectivity index (χ4n) is 3.33. The molecule has 1 amide bonds. The molecule has 2 N–H and O–H groups in total. The third kappa shape index (κ3) is 6.75. The van der Waals surface area contributed by atoms with Gasteiger partial charge < -0.3 is 24.5 Å². The Labute approximate surface area is 218 Å². The van der Waals surface area contributed by atoms with Gasteiger partial charge >= 0.3 is 18.7 Å². The van der Waals surface area contributed by atoms with E-state index in [9.17, 15) is 23.2 Å². The van der Waals surface area contributed by atoms with Gasteiger partial charge in [-0.3, -0.25) is 9.59 Å². The van der Waals surface area contributed by atoms with Crippen LogP contribution in [0.5, 0.6) is 5.75 Å². The van der Waals surface area contributed by atoms with Crippen LogP contribution in [0.25, 0.3) is 0 Å². The van der Waals surface area contributed by atoms with Gasteiger partial charge in [-0.1, -0.05) is 34.8 Å². The Bertz CT molecular complexity index is 1170. The lowest BCUT2D eigenvalue weighted by molar-refractivity contribution is -0.151. The van der Waals surface area contributed by atoms with Gasteiger partial charge in [-0.05, 0) is 25.7 Å². The number of carbonyl (C=O) groups is 2. The Morgan fingerprint density at radius 2 is 1.86 bits per heavy atom. The highest BCUT2D eigenvalue weighted by atomic mass is 35.5. The van der Waals surface area contributed by atoms with E-state index >= 15 is 0 Å². The van der Waals surface area contributed by atoms with Gasteiger partial charge in [-0.15, -0.1) is 0 Å². The highest BCUT2D eigenvalue weighted by molar-refractivity contribution is 6.40. The first-order chi connectivity index (χ1) is 17.0. The number of hydrogen-bond donors (Lipinski definition) is 1. The number of amides is 1. The summed E-state index contributed by atoms with van der Waals surface area (Å²) in [6, 6.07) is 1.67. The molecule has 0 saturated heterocycles. The number of halogens is 5. The van der Waals surface area contributed by atoms with Gasteiger partial charge in [-0.25, -0.2) is 14.7 Å². The topological polar surface area (TPSA) is 126 Å². The smallest absolute Gasteiger partial charge is 0.423 e. The second kappa shape index (κ2) is 12.0. The van der Waals surface area contributed by atoms with Crippen molar-refractivity contribution in [2.75, 3.05) is 18.2 Å². The number of benzene rings is 1. The van der Waals surface area contributed by atoms with Crippen molar-refractivity contribution in [3.05, 3.63) is 43.9 Å². The number of aromatic nitrogens is 2. The normalized spacial score (nSPS) is 13.9. The molecule has 2 aromatic rings. The van der Waals surface area contributed by atoms with Crippen LogP contribution >= 0.6 is 34.8 Å². The third-order valence-corrected chi connectivity index (χ3v) is 5.97. The molecule has 0 spiro atoms. The van der Waals surface area contributed by atoms with E-state index in [2.05, 4.69) is 9.72 Å². The summed E-state index contributed by atoms with van der Waals surface area (Å²) in [6.45, 7) is -2.17. The van der Waals surface area contributed by atoms with Gasteiger partial charge in [-0.2, -0.15) is 8.78 Å². The molecular weight excluding hydrogens is 549 g/mol. The Morgan fingerprint density at radius 1 is 1.22 bits per heavy atom. The molecule has 0 radical (unpaired) electrons. The summed E-state index contributed by atoms with van der Waals surface area (Å²) in [7, 11) is 0. The summed E-state index contributed by atoms with van der Waals surface area (Å²) < 4.78 is 40.7. The van der Waals surface area contributed by atoms with E-state index in [4.69, 9.17) is 50.0 Å². The van der Waals surface area contributed by atoms with Crippen LogP contribution in [0.15, 0.2) is 23.1 Å². The molecule has 1 saturated carbocycles. The molecule has 196 valence electrons. The largest absolute Gasteiger partial charge is 0.435 e. The van der Waals surface area contributed by atoms with Crippen molar-refractivity contribution in [2.45, 2.75) is 38.8 Å². The summed E-state index contributed by atoms with van der Waals surface area (Å²) in [5.74, 6) is -1.43. The number of carbonyl (C=O) groups excluding carboxylic acids is 2. The summed E-state index contributed by atoms with van der Waals surface area (Å²) in [5, 5.41) is -0.828. The molecule has 1 atom stereocenters. The number of alkyl halides is 2. The SMILES string of the molecule is C[C@@H](C1CC1)n1cc(Cl)nc(N(C(=O)OCOC(=O)CCN)c2c(Cl)cc(OC(F)F)cc2Cl)c1=O. The fourth-order valence-corrected chi connectivity index (χ4v) is 4.15. The Kier molecular flexibility index (Phi) is 9.34. The van der Waals surface area contributed by atoms with Crippen molar-refractivity contribution in [2.24, 2.45) is 11.7 Å². The Hall–Kier alpha value is -2.67. The molecule has 1 heterocycles. The number of rotatable bonds is 10. The van der Waals surface area contributed by atoms with Gasteiger partial charge in [0.05, 0.1) is 22.2 Å². The molecule has 1 aromatic carbocycles. The number of hydrogen-bond acceptors (Lipinski definition) is 8. The molecule has 0 aliphatic heterocycles. The van der Waals surface area contributed by atoms with E-state index in [1.165, 1.54) is 10.8 Å². The highest BCUT2D eigenvalue weighted by Gasteiger charge is 2.34.